The van der Waals surface area contributed by atoms with Crippen LogP contribution in [0.3, 0.4) is 0 Å². The van der Waals surface area contributed by atoms with Crippen LogP contribution in [0.4, 0.5) is 0 Å². The molecule has 0 amide bonds. The van der Waals surface area contributed by atoms with Gasteiger partial charge in [-0.15, -0.1) is 0 Å². The maximum Gasteiger partial charge on any atom is 0.210 e. The van der Waals surface area contributed by atoms with Gasteiger partial charge in [-0.3, -0.25) is 4.90 Å². The zero-order valence-electron chi connectivity index (χ0n) is 21.0. The zero-order valence-corrected chi connectivity index (χ0v) is 21.8. The molecule has 2 aliphatic heterocycles. The Labute approximate surface area is 212 Å². The SMILES string of the molecule is C=S1CCN(CCOc2ccc([C@@H]3CCC[C@]4(C3)OOC3(O4)C4CC5CC(C4)CC3C5)cc2)CC1. The van der Waals surface area contributed by atoms with E-state index in [0.717, 1.165) is 63.1 Å². The predicted molar refractivity (Wildman–Crippen MR) is 140 cm³/mol. The maximum absolute atomic E-state index is 6.97. The van der Waals surface area contributed by atoms with Crippen molar-refractivity contribution in [1.82, 2.24) is 4.90 Å². The summed E-state index contributed by atoms with van der Waals surface area (Å²) in [4.78, 5) is 15.0. The average molecular weight is 500 g/mol. The van der Waals surface area contributed by atoms with E-state index in [2.05, 4.69) is 35.0 Å². The fourth-order valence-electron chi connectivity index (χ4n) is 8.34. The van der Waals surface area contributed by atoms with E-state index >= 15 is 0 Å². The number of rotatable bonds is 5. The summed E-state index contributed by atoms with van der Waals surface area (Å²) in [6, 6.07) is 8.80. The molecular weight excluding hydrogens is 458 g/mol. The minimum absolute atomic E-state index is 0.376. The van der Waals surface area contributed by atoms with Crippen molar-refractivity contribution >= 4 is 16.4 Å². The Morgan fingerprint density at radius 3 is 2.40 bits per heavy atom. The summed E-state index contributed by atoms with van der Waals surface area (Å²) < 4.78 is 13.0. The van der Waals surface area contributed by atoms with Gasteiger partial charge < -0.3 is 9.47 Å². The van der Waals surface area contributed by atoms with Gasteiger partial charge >= 0.3 is 0 Å². The first kappa shape index (κ1) is 23.2. The van der Waals surface area contributed by atoms with E-state index in [4.69, 9.17) is 19.2 Å². The van der Waals surface area contributed by atoms with Gasteiger partial charge in [-0.2, -0.15) is 20.3 Å². The third-order valence-corrected chi connectivity index (χ3v) is 11.6. The Morgan fingerprint density at radius 2 is 1.69 bits per heavy atom. The molecule has 6 heteroatoms. The summed E-state index contributed by atoms with van der Waals surface area (Å²) in [6.45, 7) is 4.08. The van der Waals surface area contributed by atoms with Crippen LogP contribution in [0.5, 0.6) is 5.75 Å². The number of hydrogen-bond donors (Lipinski definition) is 0. The van der Waals surface area contributed by atoms with Crippen LogP contribution in [0.2, 0.25) is 0 Å². The molecule has 1 aromatic carbocycles. The molecule has 7 fully saturated rings. The first-order valence-corrected chi connectivity index (χ1v) is 15.8. The molecule has 7 aliphatic rings. The van der Waals surface area contributed by atoms with Crippen molar-refractivity contribution in [2.45, 2.75) is 75.3 Å². The van der Waals surface area contributed by atoms with Gasteiger partial charge in [-0.05, 0) is 80.4 Å². The van der Waals surface area contributed by atoms with Gasteiger partial charge in [0.1, 0.15) is 12.4 Å². The van der Waals surface area contributed by atoms with E-state index in [1.165, 1.54) is 55.6 Å². The molecule has 5 aliphatic carbocycles. The number of ether oxygens (including phenoxy) is 2. The highest BCUT2D eigenvalue weighted by molar-refractivity contribution is 8.14. The van der Waals surface area contributed by atoms with Gasteiger partial charge in [0.2, 0.25) is 11.6 Å². The summed E-state index contributed by atoms with van der Waals surface area (Å²) in [7, 11) is 0.376. The van der Waals surface area contributed by atoms with Crippen molar-refractivity contribution in [1.29, 1.82) is 0 Å². The normalized spacial score (nSPS) is 43.4. The molecule has 0 unspecified atom stereocenters. The van der Waals surface area contributed by atoms with Crippen molar-refractivity contribution in [3.8, 4) is 5.75 Å². The van der Waals surface area contributed by atoms with E-state index in [9.17, 15) is 0 Å². The smallest absolute Gasteiger partial charge is 0.210 e. The van der Waals surface area contributed by atoms with E-state index in [-0.39, 0.29) is 0 Å². The second kappa shape index (κ2) is 9.13. The number of nitrogens with zero attached hydrogens (tertiary/aromatic N) is 1. The highest BCUT2D eigenvalue weighted by Gasteiger charge is 2.67. The van der Waals surface area contributed by atoms with Crippen LogP contribution in [-0.2, 0) is 14.5 Å². The second-order valence-corrected chi connectivity index (χ2v) is 14.3. The molecule has 8 rings (SSSR count). The van der Waals surface area contributed by atoms with Crippen LogP contribution in [-0.4, -0.2) is 60.1 Å². The third-order valence-electron chi connectivity index (χ3n) is 10.0. The zero-order chi connectivity index (χ0) is 23.5. The van der Waals surface area contributed by atoms with Crippen molar-refractivity contribution in [2.75, 3.05) is 37.7 Å². The number of hydrogen-bond acceptors (Lipinski definition) is 5. The highest BCUT2D eigenvalue weighted by Crippen LogP contribution is 2.64. The number of benzene rings is 1. The lowest BCUT2D eigenvalue weighted by atomic mass is 9.53. The van der Waals surface area contributed by atoms with Gasteiger partial charge in [-0.25, -0.2) is 0 Å². The third kappa shape index (κ3) is 4.31. The van der Waals surface area contributed by atoms with Crippen LogP contribution in [0.15, 0.2) is 24.3 Å². The van der Waals surface area contributed by atoms with Crippen LogP contribution in [0.1, 0.15) is 69.3 Å². The van der Waals surface area contributed by atoms with E-state index in [1.807, 2.05) is 0 Å². The van der Waals surface area contributed by atoms with Gasteiger partial charge in [0.05, 0.1) is 0 Å². The minimum atomic E-state index is -0.560. The first-order chi connectivity index (χ1) is 17.1. The molecule has 0 N–H and O–H groups in total. The highest BCUT2D eigenvalue weighted by atomic mass is 32.2. The summed E-state index contributed by atoms with van der Waals surface area (Å²) in [5.41, 5.74) is 1.37. The van der Waals surface area contributed by atoms with Crippen LogP contribution >= 0.6 is 10.5 Å². The van der Waals surface area contributed by atoms with Gasteiger partial charge in [0.15, 0.2) is 0 Å². The lowest BCUT2D eigenvalue weighted by Crippen LogP contribution is -2.59. The van der Waals surface area contributed by atoms with Crippen molar-refractivity contribution in [3.05, 3.63) is 29.8 Å². The molecule has 4 bridgehead atoms. The fraction of sp³-hybridized carbons (Fsp3) is 0.759. The van der Waals surface area contributed by atoms with Crippen molar-refractivity contribution in [3.63, 3.8) is 0 Å². The lowest BCUT2D eigenvalue weighted by molar-refractivity contribution is -0.390. The van der Waals surface area contributed by atoms with E-state index in [0.29, 0.717) is 28.2 Å². The molecular formula is C29H41NO4S. The summed E-state index contributed by atoms with van der Waals surface area (Å²) in [5, 5.41) is 0. The molecule has 2 saturated heterocycles. The standard InChI is InChI=1S/C29H41NO4S/c1-35-13-10-30(11-14-35)9-12-31-27-6-4-23(5-7-27)24-3-2-8-28(20-24)32-29(34-33-28)25-16-21-15-22(18-25)19-26(29)17-21/h4-7,21-22,24-26H,1-3,8-20H2/t21?,22?,24-,25?,26?,28-,29?/m1/s1. The molecule has 0 aromatic heterocycles. The summed E-state index contributed by atoms with van der Waals surface area (Å²) in [6.07, 6.45) is 10.7. The molecule has 2 atom stereocenters. The average Bonchev–Trinajstić information content (AvgIpc) is 3.23. The van der Waals surface area contributed by atoms with E-state index < -0.39 is 11.6 Å². The molecule has 2 heterocycles. The molecule has 5 nitrogen and oxygen atoms in total. The predicted octanol–water partition coefficient (Wildman–Crippen LogP) is 5.57. The van der Waals surface area contributed by atoms with Gasteiger partial charge in [0, 0.05) is 55.8 Å². The largest absolute Gasteiger partial charge is 0.492 e. The first-order valence-electron chi connectivity index (χ1n) is 14.1. The lowest BCUT2D eigenvalue weighted by Gasteiger charge is -2.57. The summed E-state index contributed by atoms with van der Waals surface area (Å²) >= 11 is 0. The molecule has 5 saturated carbocycles. The Bertz CT molecular complexity index is 913. The molecule has 192 valence electrons. The Kier molecular flexibility index (Phi) is 6.05. The van der Waals surface area contributed by atoms with Crippen LogP contribution < -0.4 is 4.74 Å². The second-order valence-electron chi connectivity index (χ2n) is 12.3. The quantitative estimate of drug-likeness (QED) is 0.391. The van der Waals surface area contributed by atoms with Gasteiger partial charge in [-0.1, -0.05) is 18.0 Å². The summed E-state index contributed by atoms with van der Waals surface area (Å²) in [5.74, 6) is 9.93. The monoisotopic (exact) mass is 499 g/mol. The minimum Gasteiger partial charge on any atom is -0.492 e. The fourth-order valence-corrected chi connectivity index (χ4v) is 9.58. The molecule has 0 radical (unpaired) electrons. The van der Waals surface area contributed by atoms with Crippen molar-refractivity contribution < 1.29 is 19.2 Å². The Balaban J connectivity index is 0.966. The molecule has 35 heavy (non-hydrogen) atoms. The topological polar surface area (TPSA) is 40.2 Å². The van der Waals surface area contributed by atoms with Crippen LogP contribution in [0, 0.1) is 23.7 Å². The van der Waals surface area contributed by atoms with Gasteiger partial charge in [0.25, 0.3) is 0 Å². The van der Waals surface area contributed by atoms with Crippen molar-refractivity contribution in [2.24, 2.45) is 23.7 Å². The van der Waals surface area contributed by atoms with E-state index in [1.54, 1.807) is 0 Å². The Morgan fingerprint density at radius 1 is 0.971 bits per heavy atom. The molecule has 2 spiro atoms. The van der Waals surface area contributed by atoms with Crippen LogP contribution in [0.25, 0.3) is 0 Å². The molecule has 1 aromatic rings. The maximum atomic E-state index is 6.97. The Hall–Kier alpha value is -0.920.